The van der Waals surface area contributed by atoms with E-state index >= 15 is 0 Å². The number of carbonyl (C=O) groups excluding carboxylic acids is 1. The van der Waals surface area contributed by atoms with Gasteiger partial charge in [0, 0.05) is 17.8 Å². The summed E-state index contributed by atoms with van der Waals surface area (Å²) in [6, 6.07) is 4.04. The summed E-state index contributed by atoms with van der Waals surface area (Å²) in [6.07, 6.45) is 0.809. The molecule has 1 aromatic heterocycles. The average Bonchev–Trinajstić information content (AvgIpc) is 2.38. The molecule has 0 N–H and O–H groups in total. The van der Waals surface area contributed by atoms with Gasteiger partial charge < -0.3 is 0 Å². The molecule has 0 bridgehead atoms. The lowest BCUT2D eigenvalue weighted by Gasteiger charge is -2.15. The van der Waals surface area contributed by atoms with Crippen LogP contribution in [-0.4, -0.2) is 10.8 Å². The van der Waals surface area contributed by atoms with Crippen molar-refractivity contribution >= 4 is 21.7 Å². The monoisotopic (exact) mass is 347 g/mol. The van der Waals surface area contributed by atoms with Crippen LogP contribution in [0.1, 0.15) is 15.9 Å². The second kappa shape index (κ2) is 5.32. The summed E-state index contributed by atoms with van der Waals surface area (Å²) in [5, 5.41) is 0. The van der Waals surface area contributed by atoms with E-state index in [0.717, 1.165) is 18.3 Å². The van der Waals surface area contributed by atoms with Gasteiger partial charge in [-0.1, -0.05) is 0 Å². The fourth-order valence-electron chi connectivity index (χ4n) is 1.54. The Morgan fingerprint density at radius 2 is 1.85 bits per heavy atom. The smallest absolute Gasteiger partial charge is 0.287 e. The van der Waals surface area contributed by atoms with Gasteiger partial charge in [-0.15, -0.1) is 0 Å². The molecule has 7 heteroatoms. The minimum absolute atomic E-state index is 0.317. The summed E-state index contributed by atoms with van der Waals surface area (Å²) in [6.45, 7) is 0. The Morgan fingerprint density at radius 3 is 2.40 bits per heavy atom. The Bertz CT molecular complexity index is 658. The van der Waals surface area contributed by atoms with Crippen LogP contribution >= 0.6 is 15.9 Å². The molecule has 104 valence electrons. The summed E-state index contributed by atoms with van der Waals surface area (Å²) in [4.78, 5) is 15.3. The van der Waals surface area contributed by atoms with E-state index in [1.165, 1.54) is 6.07 Å². The van der Waals surface area contributed by atoms with Crippen LogP contribution in [0.3, 0.4) is 0 Å². The number of halogens is 5. The molecular formula is C13H6BrF4NO. The first kappa shape index (κ1) is 14.6. The molecule has 0 fully saturated rings. The van der Waals surface area contributed by atoms with Crippen molar-refractivity contribution in [3.05, 3.63) is 63.9 Å². The number of hydrogen-bond acceptors (Lipinski definition) is 2. The maximum Gasteiger partial charge on any atom is 0.336 e. The van der Waals surface area contributed by atoms with Gasteiger partial charge in [0.1, 0.15) is 16.2 Å². The molecule has 0 radical (unpaired) electrons. The molecule has 0 saturated heterocycles. The first-order valence-electron chi connectivity index (χ1n) is 5.32. The van der Waals surface area contributed by atoms with Crippen molar-refractivity contribution in [3.8, 4) is 0 Å². The number of rotatable bonds is 3. The van der Waals surface area contributed by atoms with E-state index in [4.69, 9.17) is 0 Å². The zero-order valence-corrected chi connectivity index (χ0v) is 11.3. The van der Waals surface area contributed by atoms with Gasteiger partial charge in [-0.25, -0.2) is 13.8 Å². The Balaban J connectivity index is 2.42. The second-order valence-corrected chi connectivity index (χ2v) is 4.71. The predicted molar refractivity (Wildman–Crippen MR) is 66.5 cm³/mol. The van der Waals surface area contributed by atoms with E-state index in [0.29, 0.717) is 16.7 Å². The van der Waals surface area contributed by atoms with Gasteiger partial charge in [-0.3, -0.25) is 4.79 Å². The summed E-state index contributed by atoms with van der Waals surface area (Å²) in [5.74, 6) is -7.99. The van der Waals surface area contributed by atoms with E-state index < -0.39 is 34.5 Å². The standard InChI is InChI=1S/C13H6BrF4NO/c14-11-4-1-7(6-19-11)13(17,18)12(20)9-3-2-8(15)5-10(9)16/h1-6H. The molecule has 0 spiro atoms. The molecule has 2 aromatic rings. The van der Waals surface area contributed by atoms with Gasteiger partial charge in [-0.2, -0.15) is 8.78 Å². The third-order valence-corrected chi connectivity index (χ3v) is 3.02. The number of hydrogen-bond donors (Lipinski definition) is 0. The summed E-state index contributed by atoms with van der Waals surface area (Å²) >= 11 is 2.97. The van der Waals surface area contributed by atoms with Crippen LogP contribution in [0.4, 0.5) is 17.6 Å². The molecule has 0 unspecified atom stereocenters. The van der Waals surface area contributed by atoms with Crippen LogP contribution in [0.25, 0.3) is 0 Å². The van der Waals surface area contributed by atoms with Crippen LogP contribution in [-0.2, 0) is 5.92 Å². The molecule has 0 saturated carbocycles. The SMILES string of the molecule is O=C(c1ccc(F)cc1F)C(F)(F)c1ccc(Br)nc1. The number of benzene rings is 1. The van der Waals surface area contributed by atoms with E-state index in [1.807, 2.05) is 0 Å². The van der Waals surface area contributed by atoms with Crippen LogP contribution in [0.15, 0.2) is 41.1 Å². The number of Topliss-reactive ketones (excluding diaryl/α,β-unsaturated/α-hetero) is 1. The average molecular weight is 348 g/mol. The van der Waals surface area contributed by atoms with E-state index in [9.17, 15) is 22.4 Å². The van der Waals surface area contributed by atoms with Crippen molar-refractivity contribution in [3.63, 3.8) is 0 Å². The second-order valence-electron chi connectivity index (χ2n) is 3.90. The molecule has 2 nitrogen and oxygen atoms in total. The van der Waals surface area contributed by atoms with Crippen molar-refractivity contribution in [1.29, 1.82) is 0 Å². The summed E-state index contributed by atoms with van der Waals surface area (Å²) < 4.78 is 54.4. The highest BCUT2D eigenvalue weighted by atomic mass is 79.9. The fourth-order valence-corrected chi connectivity index (χ4v) is 1.77. The molecule has 0 aliphatic heterocycles. The van der Waals surface area contributed by atoms with Crippen molar-refractivity contribution in [2.75, 3.05) is 0 Å². The molecule has 0 amide bonds. The van der Waals surface area contributed by atoms with Gasteiger partial charge in [-0.05, 0) is 40.2 Å². The fraction of sp³-hybridized carbons (Fsp3) is 0.0769. The van der Waals surface area contributed by atoms with Crippen molar-refractivity contribution in [1.82, 2.24) is 4.98 Å². The van der Waals surface area contributed by atoms with Crippen molar-refractivity contribution in [2.45, 2.75) is 5.92 Å². The maximum absolute atomic E-state index is 14.0. The highest BCUT2D eigenvalue weighted by molar-refractivity contribution is 9.10. The van der Waals surface area contributed by atoms with Crippen LogP contribution in [0, 0.1) is 11.6 Å². The van der Waals surface area contributed by atoms with Crippen LogP contribution < -0.4 is 0 Å². The molecule has 0 aliphatic rings. The third kappa shape index (κ3) is 2.72. The number of carbonyl (C=O) groups is 1. The molecule has 1 heterocycles. The minimum Gasteiger partial charge on any atom is -0.287 e. The van der Waals surface area contributed by atoms with Gasteiger partial charge in [0.05, 0.1) is 5.56 Å². The first-order valence-corrected chi connectivity index (χ1v) is 6.11. The minimum atomic E-state index is -3.95. The zero-order chi connectivity index (χ0) is 14.9. The number of pyridine rings is 1. The lowest BCUT2D eigenvalue weighted by atomic mass is 10.00. The van der Waals surface area contributed by atoms with E-state index in [2.05, 4.69) is 20.9 Å². The highest BCUT2D eigenvalue weighted by Gasteiger charge is 2.42. The third-order valence-electron chi connectivity index (χ3n) is 2.55. The van der Waals surface area contributed by atoms with Crippen molar-refractivity contribution < 1.29 is 22.4 Å². The van der Waals surface area contributed by atoms with E-state index in [-0.39, 0.29) is 0 Å². The Hall–Kier alpha value is -1.76. The van der Waals surface area contributed by atoms with Gasteiger partial charge in [0.2, 0.25) is 5.78 Å². The Labute approximate surface area is 119 Å². The van der Waals surface area contributed by atoms with Gasteiger partial charge in [0.25, 0.3) is 0 Å². The first-order chi connectivity index (χ1) is 9.32. The Kier molecular flexibility index (Phi) is 3.89. The predicted octanol–water partition coefficient (Wildman–Crippen LogP) is 4.10. The number of nitrogens with zero attached hydrogens (tertiary/aromatic N) is 1. The van der Waals surface area contributed by atoms with Crippen molar-refractivity contribution in [2.24, 2.45) is 0 Å². The zero-order valence-electron chi connectivity index (χ0n) is 9.71. The molecule has 1 aromatic carbocycles. The molecule has 0 atom stereocenters. The number of ketones is 1. The normalized spacial score (nSPS) is 11.4. The van der Waals surface area contributed by atoms with E-state index in [1.54, 1.807) is 0 Å². The Morgan fingerprint density at radius 1 is 1.15 bits per heavy atom. The largest absolute Gasteiger partial charge is 0.336 e. The number of alkyl halides is 2. The lowest BCUT2D eigenvalue weighted by Crippen LogP contribution is -2.27. The maximum atomic E-state index is 14.0. The molecular weight excluding hydrogens is 342 g/mol. The van der Waals surface area contributed by atoms with Gasteiger partial charge in [0.15, 0.2) is 0 Å². The van der Waals surface area contributed by atoms with Crippen LogP contribution in [0.2, 0.25) is 0 Å². The van der Waals surface area contributed by atoms with Crippen LogP contribution in [0.5, 0.6) is 0 Å². The number of aromatic nitrogens is 1. The summed E-state index contributed by atoms with van der Waals surface area (Å²) in [7, 11) is 0. The lowest BCUT2D eigenvalue weighted by molar-refractivity contribution is 0.00679. The van der Waals surface area contributed by atoms with Gasteiger partial charge >= 0.3 is 5.92 Å². The molecule has 2 rings (SSSR count). The quantitative estimate of drug-likeness (QED) is 0.475. The molecule has 0 aliphatic carbocycles. The molecule has 20 heavy (non-hydrogen) atoms. The highest BCUT2D eigenvalue weighted by Crippen LogP contribution is 2.32. The summed E-state index contributed by atoms with van der Waals surface area (Å²) in [5.41, 5.74) is -1.55. The topological polar surface area (TPSA) is 30.0 Å².